The van der Waals surface area contributed by atoms with E-state index >= 15 is 0 Å². The van der Waals surface area contributed by atoms with Crippen molar-refractivity contribution in [1.29, 1.82) is 0 Å². The molecule has 1 atom stereocenters. The smallest absolute Gasteiger partial charge is 0.269 e. The first-order valence-electron chi connectivity index (χ1n) is 12.2. The van der Waals surface area contributed by atoms with Gasteiger partial charge in [-0.15, -0.1) is 0 Å². The van der Waals surface area contributed by atoms with E-state index in [1.165, 1.54) is 11.1 Å². The van der Waals surface area contributed by atoms with Gasteiger partial charge in [0, 0.05) is 17.7 Å². The second-order valence-corrected chi connectivity index (χ2v) is 10.9. The summed E-state index contributed by atoms with van der Waals surface area (Å²) in [5.41, 5.74) is 15.5. The van der Waals surface area contributed by atoms with E-state index in [2.05, 4.69) is 68.7 Å². The molecule has 0 aliphatic rings. The molecular weight excluding hydrogens is 468 g/mol. The third-order valence-electron chi connectivity index (χ3n) is 5.84. The zero-order valence-electron chi connectivity index (χ0n) is 21.7. The largest absolute Gasteiger partial charge is 0.487 e. The fourth-order valence-corrected chi connectivity index (χ4v) is 4.43. The van der Waals surface area contributed by atoms with Crippen molar-refractivity contribution in [2.24, 2.45) is 17.1 Å². The molecule has 0 fully saturated rings. The number of nitrogens with two attached hydrogens (primary N) is 1. The summed E-state index contributed by atoms with van der Waals surface area (Å²) < 4.78 is 5.95. The van der Waals surface area contributed by atoms with E-state index in [-0.39, 0.29) is 22.4 Å². The number of carbonyl (C=O) groups is 1. The number of nitrogens with zero attached hydrogens (tertiary/aromatic N) is 1. The maximum atomic E-state index is 12.6. The molecule has 3 rings (SSSR count). The number of hydrogen-bond acceptors (Lipinski definition) is 4. The summed E-state index contributed by atoms with van der Waals surface area (Å²) in [6.45, 7) is 11.5. The first-order valence-corrected chi connectivity index (χ1v) is 12.6. The van der Waals surface area contributed by atoms with Crippen LogP contribution in [0, 0.1) is 11.3 Å². The molecule has 36 heavy (non-hydrogen) atoms. The Kier molecular flexibility index (Phi) is 9.04. The van der Waals surface area contributed by atoms with Crippen LogP contribution in [0.3, 0.4) is 0 Å². The van der Waals surface area contributed by atoms with Crippen LogP contribution in [-0.2, 0) is 13.0 Å². The summed E-state index contributed by atoms with van der Waals surface area (Å²) in [5, 5.41) is 0.0163. The van der Waals surface area contributed by atoms with Gasteiger partial charge in [0.1, 0.15) is 12.4 Å². The molecule has 0 saturated heterocycles. The summed E-state index contributed by atoms with van der Waals surface area (Å²) in [6.07, 6.45) is 2.62. The Labute approximate surface area is 219 Å². The summed E-state index contributed by atoms with van der Waals surface area (Å²) in [4.78, 5) is 16.9. The Balaban J connectivity index is 1.91. The summed E-state index contributed by atoms with van der Waals surface area (Å²) in [6, 6.07) is 20.0. The number of ether oxygens (including phenoxy) is 1. The lowest BCUT2D eigenvalue weighted by Gasteiger charge is -2.34. The Hall–Kier alpha value is -3.45. The number of pyridine rings is 1. The Morgan fingerprint density at radius 1 is 1.06 bits per heavy atom. The minimum atomic E-state index is -0.277. The molecule has 0 aliphatic heterocycles. The zero-order valence-corrected chi connectivity index (χ0v) is 22.5. The number of amides is 1. The molecule has 1 heterocycles. The molecule has 190 valence electrons. The third-order valence-corrected chi connectivity index (χ3v) is 5.94. The molecule has 0 spiro atoms. The Morgan fingerprint density at radius 3 is 2.36 bits per heavy atom. The number of nitrogens with one attached hydrogen (secondary N) is 2. The van der Waals surface area contributed by atoms with Gasteiger partial charge in [-0.25, -0.2) is 0 Å². The van der Waals surface area contributed by atoms with Crippen molar-refractivity contribution in [1.82, 2.24) is 15.8 Å². The van der Waals surface area contributed by atoms with Crippen LogP contribution in [0.25, 0.3) is 0 Å². The van der Waals surface area contributed by atoms with E-state index in [1.807, 2.05) is 42.5 Å². The fraction of sp³-hybridized carbons (Fsp3) is 0.345. The molecule has 0 saturated carbocycles. The van der Waals surface area contributed by atoms with Crippen molar-refractivity contribution in [2.45, 2.75) is 53.6 Å². The minimum absolute atomic E-state index is 0.0163. The number of rotatable bonds is 8. The van der Waals surface area contributed by atoms with Crippen LogP contribution in [0.15, 0.2) is 66.9 Å². The molecule has 0 radical (unpaired) electrons. The van der Waals surface area contributed by atoms with Crippen LogP contribution in [0.4, 0.5) is 0 Å². The average molecular weight is 505 g/mol. The van der Waals surface area contributed by atoms with E-state index in [0.29, 0.717) is 18.1 Å². The third kappa shape index (κ3) is 7.52. The predicted octanol–water partition coefficient (Wildman–Crippen LogP) is 5.52. The maximum Gasteiger partial charge on any atom is 0.269 e. The van der Waals surface area contributed by atoms with Crippen LogP contribution in [-0.4, -0.2) is 16.0 Å². The van der Waals surface area contributed by atoms with Gasteiger partial charge in [0.2, 0.25) is 0 Å². The van der Waals surface area contributed by atoms with Crippen LogP contribution in [0.2, 0.25) is 0 Å². The monoisotopic (exact) mass is 504 g/mol. The van der Waals surface area contributed by atoms with Crippen molar-refractivity contribution in [3.8, 4) is 5.75 Å². The molecule has 3 aromatic rings. The van der Waals surface area contributed by atoms with Crippen molar-refractivity contribution in [2.75, 3.05) is 0 Å². The zero-order chi connectivity index (χ0) is 26.3. The van der Waals surface area contributed by atoms with Crippen molar-refractivity contribution in [3.05, 3.63) is 94.8 Å². The van der Waals surface area contributed by atoms with Crippen LogP contribution < -0.4 is 21.3 Å². The molecule has 1 unspecified atom stereocenters. The number of hydrogen-bond donors (Lipinski definition) is 3. The second kappa shape index (κ2) is 12.0. The molecule has 6 nitrogen and oxygen atoms in total. The van der Waals surface area contributed by atoms with Crippen molar-refractivity contribution >= 4 is 23.2 Å². The summed E-state index contributed by atoms with van der Waals surface area (Å²) >= 11 is 4.79. The molecule has 1 amide bonds. The average Bonchev–Trinajstić information content (AvgIpc) is 2.82. The Bertz CT molecular complexity index is 1170. The number of carbonyl (C=O) groups excluding carboxylic acids is 1. The molecular formula is C29H36N4O2S. The molecule has 0 bridgehead atoms. The first kappa shape index (κ1) is 27.1. The molecule has 0 aliphatic carbocycles. The van der Waals surface area contributed by atoms with E-state index in [1.54, 1.807) is 6.20 Å². The van der Waals surface area contributed by atoms with Gasteiger partial charge in [-0.3, -0.25) is 20.6 Å². The van der Waals surface area contributed by atoms with Crippen LogP contribution >= 0.6 is 12.2 Å². The standard InChI is InChI=1S/C29H36N4O2S/c1-19(2)16-22-17-21(27(34)32-33-28(30)36)11-14-25(22)26(29(3,4)5)20-9-12-24(13-10-20)35-18-23-8-6-7-15-31-23/h6-15,17,19,26H,16,18H2,1-5H3,(H,32,34)(H3,30,33,36). The molecule has 1 aromatic heterocycles. The molecule has 7 heteroatoms. The highest BCUT2D eigenvalue weighted by Crippen LogP contribution is 2.43. The Morgan fingerprint density at radius 2 is 1.78 bits per heavy atom. The van der Waals surface area contributed by atoms with Crippen LogP contribution in [0.5, 0.6) is 5.75 Å². The fourth-order valence-electron chi connectivity index (χ4n) is 4.38. The van der Waals surface area contributed by atoms with Gasteiger partial charge >= 0.3 is 0 Å². The van der Waals surface area contributed by atoms with Gasteiger partial charge < -0.3 is 10.5 Å². The van der Waals surface area contributed by atoms with Gasteiger partial charge in [0.05, 0.1) is 5.69 Å². The number of thiocarbonyl (C=S) groups is 1. The number of benzene rings is 2. The van der Waals surface area contributed by atoms with Gasteiger partial charge in [0.25, 0.3) is 5.91 Å². The van der Waals surface area contributed by atoms with Gasteiger partial charge in [-0.2, -0.15) is 0 Å². The van der Waals surface area contributed by atoms with Gasteiger partial charge in [-0.05, 0) is 83.1 Å². The lowest BCUT2D eigenvalue weighted by atomic mass is 9.70. The highest BCUT2D eigenvalue weighted by Gasteiger charge is 2.30. The topological polar surface area (TPSA) is 89.3 Å². The van der Waals surface area contributed by atoms with Crippen LogP contribution in [0.1, 0.15) is 73.3 Å². The van der Waals surface area contributed by atoms with E-state index in [4.69, 9.17) is 22.7 Å². The quantitative estimate of drug-likeness (QED) is 0.277. The number of hydrazine groups is 1. The van der Waals surface area contributed by atoms with E-state index in [9.17, 15) is 4.79 Å². The van der Waals surface area contributed by atoms with Crippen molar-refractivity contribution in [3.63, 3.8) is 0 Å². The SMILES string of the molecule is CC(C)Cc1cc(C(=O)NNC(N)=S)ccc1C(c1ccc(OCc2ccccn2)cc1)C(C)(C)C. The highest BCUT2D eigenvalue weighted by molar-refractivity contribution is 7.80. The minimum Gasteiger partial charge on any atom is -0.487 e. The molecule has 2 aromatic carbocycles. The van der Waals surface area contributed by atoms with E-state index in [0.717, 1.165) is 23.4 Å². The second-order valence-electron chi connectivity index (χ2n) is 10.4. The maximum absolute atomic E-state index is 12.6. The first-order chi connectivity index (χ1) is 17.0. The normalized spacial score (nSPS) is 12.2. The van der Waals surface area contributed by atoms with Crippen molar-refractivity contribution < 1.29 is 9.53 Å². The lowest BCUT2D eigenvalue weighted by molar-refractivity contribution is 0.0944. The number of aromatic nitrogens is 1. The predicted molar refractivity (Wildman–Crippen MR) is 149 cm³/mol. The molecule has 4 N–H and O–H groups in total. The summed E-state index contributed by atoms with van der Waals surface area (Å²) in [5.74, 6) is 1.08. The van der Waals surface area contributed by atoms with E-state index < -0.39 is 0 Å². The van der Waals surface area contributed by atoms with Gasteiger partial charge in [-0.1, -0.05) is 58.9 Å². The van der Waals surface area contributed by atoms with Gasteiger partial charge in [0.15, 0.2) is 5.11 Å². The highest BCUT2D eigenvalue weighted by atomic mass is 32.1. The summed E-state index contributed by atoms with van der Waals surface area (Å²) in [7, 11) is 0. The lowest BCUT2D eigenvalue weighted by Crippen LogP contribution is -2.44.